The molecule has 0 heterocycles. The summed E-state index contributed by atoms with van der Waals surface area (Å²) in [4.78, 5) is 12.0. The van der Waals surface area contributed by atoms with Gasteiger partial charge in [0.1, 0.15) is 0 Å². The van der Waals surface area contributed by atoms with Gasteiger partial charge in [0.25, 0.3) is 5.91 Å². The smallest absolute Gasteiger partial charge is 0.269 e. The minimum Gasteiger partial charge on any atom is -0.357 e. The summed E-state index contributed by atoms with van der Waals surface area (Å²) in [6.07, 6.45) is 0. The summed E-state index contributed by atoms with van der Waals surface area (Å²) in [7, 11) is 0. The number of carbonyl (C=O) groups is 1. The summed E-state index contributed by atoms with van der Waals surface area (Å²) in [5, 5.41) is 3.45. The first-order valence-electron chi connectivity index (χ1n) is 6.98. The first-order valence-corrected chi connectivity index (χ1v) is 7.39. The van der Waals surface area contributed by atoms with Crippen LogP contribution < -0.4 is 16.2 Å². The molecule has 0 aliphatic carbocycles. The molecule has 0 radical (unpaired) electrons. The fourth-order valence-electron chi connectivity index (χ4n) is 1.68. The van der Waals surface area contributed by atoms with E-state index in [-0.39, 0.29) is 16.9 Å². The molecular weight excluding hydrogens is 282 g/mol. The van der Waals surface area contributed by atoms with Crippen molar-refractivity contribution in [2.24, 2.45) is 0 Å². The summed E-state index contributed by atoms with van der Waals surface area (Å²) >= 11 is 5.10. The Bertz CT molecular complexity index is 510. The van der Waals surface area contributed by atoms with Crippen LogP contribution in [0, 0.1) is 0 Å². The molecule has 0 unspecified atom stereocenters. The maximum absolute atomic E-state index is 12.0. The molecule has 116 valence electrons. The molecule has 1 rings (SSSR count). The molecule has 0 fully saturated rings. The maximum atomic E-state index is 12.0. The van der Waals surface area contributed by atoms with Crippen LogP contribution in [0.15, 0.2) is 24.3 Å². The van der Waals surface area contributed by atoms with Gasteiger partial charge in [-0.3, -0.25) is 15.6 Å². The van der Waals surface area contributed by atoms with E-state index < -0.39 is 0 Å². The lowest BCUT2D eigenvalue weighted by molar-refractivity contribution is 0.0943. The largest absolute Gasteiger partial charge is 0.357 e. The number of amides is 1. The number of hydrogen-bond donors (Lipinski definition) is 3. The lowest BCUT2D eigenvalue weighted by Crippen LogP contribution is -2.52. The highest BCUT2D eigenvalue weighted by Gasteiger charge is 2.15. The van der Waals surface area contributed by atoms with Crippen molar-refractivity contribution < 1.29 is 4.79 Å². The first kappa shape index (κ1) is 17.4. The van der Waals surface area contributed by atoms with Crippen LogP contribution in [0.4, 0.5) is 0 Å². The lowest BCUT2D eigenvalue weighted by Gasteiger charge is -2.23. The van der Waals surface area contributed by atoms with Gasteiger partial charge in [-0.05, 0) is 56.1 Å². The van der Waals surface area contributed by atoms with Crippen LogP contribution in [-0.4, -0.2) is 16.6 Å². The Morgan fingerprint density at radius 2 is 1.48 bits per heavy atom. The van der Waals surface area contributed by atoms with Gasteiger partial charge >= 0.3 is 0 Å². The van der Waals surface area contributed by atoms with Gasteiger partial charge in [0, 0.05) is 11.1 Å². The van der Waals surface area contributed by atoms with E-state index in [1.165, 1.54) is 5.56 Å². The van der Waals surface area contributed by atoms with Crippen molar-refractivity contribution in [2.75, 3.05) is 0 Å². The fourth-order valence-corrected chi connectivity index (χ4v) is 2.04. The van der Waals surface area contributed by atoms with E-state index in [9.17, 15) is 4.79 Å². The Balaban J connectivity index is 2.59. The van der Waals surface area contributed by atoms with E-state index in [1.807, 2.05) is 45.0 Å². The van der Waals surface area contributed by atoms with Gasteiger partial charge in [-0.2, -0.15) is 0 Å². The Hall–Kier alpha value is -1.62. The third kappa shape index (κ3) is 6.12. The van der Waals surface area contributed by atoms with Gasteiger partial charge in [-0.1, -0.05) is 32.9 Å². The van der Waals surface area contributed by atoms with Crippen molar-refractivity contribution in [3.8, 4) is 0 Å². The van der Waals surface area contributed by atoms with E-state index in [4.69, 9.17) is 12.2 Å². The average Bonchev–Trinajstić information content (AvgIpc) is 2.33. The number of rotatable bonds is 1. The maximum Gasteiger partial charge on any atom is 0.269 e. The number of hydrogen-bond acceptors (Lipinski definition) is 2. The quantitative estimate of drug-likeness (QED) is 0.551. The van der Waals surface area contributed by atoms with E-state index in [2.05, 4.69) is 36.9 Å². The fraction of sp³-hybridized carbons (Fsp3) is 0.500. The number of hydrazine groups is 1. The number of carbonyl (C=O) groups excluding carboxylic acids is 1. The van der Waals surface area contributed by atoms with E-state index in [0.717, 1.165) is 0 Å². The molecule has 0 aliphatic rings. The monoisotopic (exact) mass is 307 g/mol. The van der Waals surface area contributed by atoms with Crippen LogP contribution in [0.5, 0.6) is 0 Å². The minimum absolute atomic E-state index is 0.0749. The van der Waals surface area contributed by atoms with Gasteiger partial charge < -0.3 is 5.32 Å². The lowest BCUT2D eigenvalue weighted by atomic mass is 9.87. The van der Waals surface area contributed by atoms with Gasteiger partial charge in [-0.25, -0.2) is 0 Å². The van der Waals surface area contributed by atoms with Crippen molar-refractivity contribution in [1.82, 2.24) is 16.2 Å². The molecule has 1 aromatic rings. The summed E-state index contributed by atoms with van der Waals surface area (Å²) in [6.45, 7) is 12.4. The Morgan fingerprint density at radius 1 is 0.952 bits per heavy atom. The van der Waals surface area contributed by atoms with Crippen LogP contribution in [0.2, 0.25) is 0 Å². The van der Waals surface area contributed by atoms with E-state index >= 15 is 0 Å². The van der Waals surface area contributed by atoms with Crippen LogP contribution in [0.3, 0.4) is 0 Å². The van der Waals surface area contributed by atoms with E-state index in [0.29, 0.717) is 10.7 Å². The number of thiocarbonyl (C=S) groups is 1. The highest BCUT2D eigenvalue weighted by molar-refractivity contribution is 7.80. The SMILES string of the molecule is CC(C)(C)NC(=S)NNC(=O)c1ccc(C(C)(C)C)cc1. The molecule has 0 atom stereocenters. The molecule has 0 bridgehead atoms. The molecular formula is C16H25N3OS. The number of benzene rings is 1. The Labute approximate surface area is 132 Å². The predicted octanol–water partition coefficient (Wildman–Crippen LogP) is 2.89. The molecule has 0 aliphatic heterocycles. The minimum atomic E-state index is -0.214. The van der Waals surface area contributed by atoms with Gasteiger partial charge in [0.05, 0.1) is 0 Å². The number of nitrogens with one attached hydrogen (secondary N) is 3. The van der Waals surface area contributed by atoms with Crippen molar-refractivity contribution in [2.45, 2.75) is 52.5 Å². The second-order valence-electron chi connectivity index (χ2n) is 7.11. The molecule has 3 N–H and O–H groups in total. The van der Waals surface area contributed by atoms with Gasteiger partial charge in [-0.15, -0.1) is 0 Å². The Kier molecular flexibility index (Phi) is 5.34. The molecule has 0 aromatic heterocycles. The third-order valence-electron chi connectivity index (χ3n) is 2.79. The normalized spacial score (nSPS) is 11.7. The topological polar surface area (TPSA) is 53.2 Å². The van der Waals surface area contributed by atoms with E-state index in [1.54, 1.807) is 0 Å². The molecule has 0 spiro atoms. The molecule has 5 heteroatoms. The first-order chi connectivity index (χ1) is 9.49. The van der Waals surface area contributed by atoms with Crippen molar-refractivity contribution in [3.05, 3.63) is 35.4 Å². The van der Waals surface area contributed by atoms with Crippen LogP contribution in [0.25, 0.3) is 0 Å². The average molecular weight is 307 g/mol. The summed E-state index contributed by atoms with van der Waals surface area (Å²) in [5.74, 6) is -0.214. The zero-order chi connectivity index (χ0) is 16.3. The highest BCUT2D eigenvalue weighted by atomic mass is 32.1. The highest BCUT2D eigenvalue weighted by Crippen LogP contribution is 2.22. The van der Waals surface area contributed by atoms with Crippen LogP contribution in [-0.2, 0) is 5.41 Å². The predicted molar refractivity (Wildman–Crippen MR) is 91.2 cm³/mol. The van der Waals surface area contributed by atoms with Crippen molar-refractivity contribution in [1.29, 1.82) is 0 Å². The zero-order valence-electron chi connectivity index (χ0n) is 13.6. The molecule has 1 amide bonds. The zero-order valence-corrected chi connectivity index (χ0v) is 14.4. The summed E-state index contributed by atoms with van der Waals surface area (Å²) < 4.78 is 0. The third-order valence-corrected chi connectivity index (χ3v) is 3.00. The molecule has 1 aromatic carbocycles. The van der Waals surface area contributed by atoms with Gasteiger partial charge in [0.15, 0.2) is 5.11 Å². The second kappa shape index (κ2) is 6.43. The Morgan fingerprint density at radius 3 is 1.90 bits per heavy atom. The van der Waals surface area contributed by atoms with Crippen molar-refractivity contribution in [3.63, 3.8) is 0 Å². The van der Waals surface area contributed by atoms with Crippen molar-refractivity contribution >= 4 is 23.2 Å². The second-order valence-corrected chi connectivity index (χ2v) is 7.52. The molecule has 4 nitrogen and oxygen atoms in total. The standard InChI is InChI=1S/C16H25N3OS/c1-15(2,3)12-9-7-11(8-10-12)13(20)18-19-14(21)17-16(4,5)6/h7-10H,1-6H3,(H,18,20)(H2,17,19,21). The van der Waals surface area contributed by atoms with Crippen LogP contribution >= 0.6 is 12.2 Å². The van der Waals surface area contributed by atoms with Gasteiger partial charge in [0.2, 0.25) is 0 Å². The summed E-state index contributed by atoms with van der Waals surface area (Å²) in [6, 6.07) is 7.58. The molecule has 0 saturated heterocycles. The molecule has 0 saturated carbocycles. The molecule has 21 heavy (non-hydrogen) atoms. The summed E-state index contributed by atoms with van der Waals surface area (Å²) in [5.41, 5.74) is 7.00. The van der Waals surface area contributed by atoms with Crippen LogP contribution in [0.1, 0.15) is 57.5 Å².